The van der Waals surface area contributed by atoms with Crippen molar-refractivity contribution in [1.82, 2.24) is 10.2 Å². The van der Waals surface area contributed by atoms with Gasteiger partial charge in [-0.25, -0.2) is 0 Å². The van der Waals surface area contributed by atoms with Crippen LogP contribution < -0.4 is 14.8 Å². The highest BCUT2D eigenvalue weighted by molar-refractivity contribution is 6.36. The lowest BCUT2D eigenvalue weighted by Crippen LogP contribution is -2.50. The second-order valence-corrected chi connectivity index (χ2v) is 7.97. The van der Waals surface area contributed by atoms with E-state index in [1.165, 1.54) is 12.0 Å². The van der Waals surface area contributed by atoms with Crippen molar-refractivity contribution in [1.29, 1.82) is 0 Å². The third-order valence-electron chi connectivity index (χ3n) is 4.98. The first-order valence-electron chi connectivity index (χ1n) is 10.1. The first-order chi connectivity index (χ1) is 14.8. The lowest BCUT2D eigenvalue weighted by Gasteiger charge is -2.30. The van der Waals surface area contributed by atoms with Crippen molar-refractivity contribution in [3.8, 4) is 11.5 Å². The van der Waals surface area contributed by atoms with Crippen LogP contribution in [0.2, 0.25) is 10.0 Å². The van der Waals surface area contributed by atoms with E-state index < -0.39 is 6.04 Å². The van der Waals surface area contributed by atoms with E-state index >= 15 is 0 Å². The largest absolute Gasteiger partial charge is 0.493 e. The fraction of sp³-hybridized carbons (Fsp3) is 0.391. The smallest absolute Gasteiger partial charge is 0.261 e. The van der Waals surface area contributed by atoms with Crippen LogP contribution in [-0.2, 0) is 16.1 Å². The Balaban J connectivity index is 2.25. The van der Waals surface area contributed by atoms with Crippen molar-refractivity contribution < 1.29 is 19.1 Å². The molecule has 31 heavy (non-hydrogen) atoms. The SMILES string of the molecule is CCC(C)NC(=O)C(C)N(Cc1c(Cl)cccc1Cl)C(=O)COc1ccccc1OC. The maximum Gasteiger partial charge on any atom is 0.261 e. The molecule has 0 heterocycles. The number of halogens is 2. The summed E-state index contributed by atoms with van der Waals surface area (Å²) in [5, 5.41) is 3.76. The first kappa shape index (κ1) is 24.8. The lowest BCUT2D eigenvalue weighted by atomic mass is 10.1. The molecule has 8 heteroatoms. The van der Waals surface area contributed by atoms with E-state index in [0.717, 1.165) is 6.42 Å². The van der Waals surface area contributed by atoms with Gasteiger partial charge in [-0.05, 0) is 44.5 Å². The first-order valence-corrected chi connectivity index (χ1v) is 10.8. The van der Waals surface area contributed by atoms with Gasteiger partial charge in [-0.15, -0.1) is 0 Å². The third-order valence-corrected chi connectivity index (χ3v) is 5.69. The zero-order valence-corrected chi connectivity index (χ0v) is 19.7. The predicted molar refractivity (Wildman–Crippen MR) is 123 cm³/mol. The van der Waals surface area contributed by atoms with Crippen LogP contribution in [0, 0.1) is 0 Å². The number of methoxy groups -OCH3 is 1. The minimum absolute atomic E-state index is 0.0133. The molecule has 2 atom stereocenters. The Kier molecular flexibility index (Phi) is 9.46. The highest BCUT2D eigenvalue weighted by Crippen LogP contribution is 2.28. The Morgan fingerprint density at radius 3 is 2.23 bits per heavy atom. The molecule has 0 saturated heterocycles. The van der Waals surface area contributed by atoms with Gasteiger partial charge in [-0.2, -0.15) is 0 Å². The molecule has 0 fully saturated rings. The van der Waals surface area contributed by atoms with Crippen molar-refractivity contribution in [3.05, 3.63) is 58.1 Å². The maximum absolute atomic E-state index is 13.1. The summed E-state index contributed by atoms with van der Waals surface area (Å²) in [4.78, 5) is 27.3. The summed E-state index contributed by atoms with van der Waals surface area (Å²) in [7, 11) is 1.52. The zero-order valence-electron chi connectivity index (χ0n) is 18.2. The van der Waals surface area contributed by atoms with Gasteiger partial charge in [-0.1, -0.05) is 48.3 Å². The van der Waals surface area contributed by atoms with Crippen LogP contribution in [-0.4, -0.2) is 42.5 Å². The molecule has 2 aromatic rings. The molecule has 0 aliphatic heterocycles. The average molecular weight is 467 g/mol. The molecule has 2 unspecified atom stereocenters. The molecule has 0 aromatic heterocycles. The lowest BCUT2D eigenvalue weighted by molar-refractivity contribution is -0.142. The Hall–Kier alpha value is -2.44. The Bertz CT molecular complexity index is 887. The van der Waals surface area contributed by atoms with Crippen molar-refractivity contribution in [2.45, 2.75) is 45.8 Å². The molecule has 1 N–H and O–H groups in total. The molecular weight excluding hydrogens is 439 g/mol. The van der Waals surface area contributed by atoms with Gasteiger partial charge < -0.3 is 19.7 Å². The summed E-state index contributed by atoms with van der Waals surface area (Å²) >= 11 is 12.6. The molecule has 6 nitrogen and oxygen atoms in total. The van der Waals surface area contributed by atoms with Gasteiger partial charge in [0.25, 0.3) is 5.91 Å². The maximum atomic E-state index is 13.1. The van der Waals surface area contributed by atoms with Gasteiger partial charge in [0.2, 0.25) is 5.91 Å². The van der Waals surface area contributed by atoms with E-state index in [9.17, 15) is 9.59 Å². The zero-order chi connectivity index (χ0) is 23.0. The second kappa shape index (κ2) is 11.8. The second-order valence-electron chi connectivity index (χ2n) is 7.16. The highest BCUT2D eigenvalue weighted by atomic mass is 35.5. The number of para-hydroxylation sites is 2. The summed E-state index contributed by atoms with van der Waals surface area (Å²) in [5.41, 5.74) is 0.569. The quantitative estimate of drug-likeness (QED) is 0.550. The molecule has 2 rings (SSSR count). The number of hydrogen-bond acceptors (Lipinski definition) is 4. The number of hydrogen-bond donors (Lipinski definition) is 1. The van der Waals surface area contributed by atoms with E-state index in [0.29, 0.717) is 27.1 Å². The van der Waals surface area contributed by atoms with Crippen LogP contribution in [0.15, 0.2) is 42.5 Å². The van der Waals surface area contributed by atoms with Gasteiger partial charge in [0, 0.05) is 28.2 Å². The fourth-order valence-corrected chi connectivity index (χ4v) is 3.38. The Labute approximate surface area is 193 Å². The summed E-state index contributed by atoms with van der Waals surface area (Å²) in [5.74, 6) is 0.307. The van der Waals surface area contributed by atoms with E-state index in [4.69, 9.17) is 32.7 Å². The molecule has 0 spiro atoms. The number of nitrogens with zero attached hydrogens (tertiary/aromatic N) is 1. The van der Waals surface area contributed by atoms with Crippen LogP contribution in [0.5, 0.6) is 11.5 Å². The van der Waals surface area contributed by atoms with Crippen LogP contribution in [0.1, 0.15) is 32.8 Å². The van der Waals surface area contributed by atoms with Gasteiger partial charge in [0.15, 0.2) is 18.1 Å². The van der Waals surface area contributed by atoms with E-state index in [1.54, 1.807) is 49.4 Å². The van der Waals surface area contributed by atoms with Gasteiger partial charge >= 0.3 is 0 Å². The molecule has 0 aliphatic rings. The standard InChI is InChI=1S/C23H28Cl2N2O4/c1-5-15(2)26-23(29)16(3)27(13-17-18(24)9-8-10-19(17)25)22(28)14-31-21-12-7-6-11-20(21)30-4/h6-12,15-16H,5,13-14H2,1-4H3,(H,26,29). The molecule has 168 valence electrons. The monoisotopic (exact) mass is 466 g/mol. The molecule has 0 radical (unpaired) electrons. The van der Waals surface area contributed by atoms with E-state index in [1.807, 2.05) is 13.8 Å². The average Bonchev–Trinajstić information content (AvgIpc) is 2.76. The summed E-state index contributed by atoms with van der Waals surface area (Å²) in [6.45, 7) is 5.35. The molecule has 0 bridgehead atoms. The highest BCUT2D eigenvalue weighted by Gasteiger charge is 2.28. The third kappa shape index (κ3) is 6.77. The molecule has 2 aromatic carbocycles. The summed E-state index contributed by atoms with van der Waals surface area (Å²) in [6, 6.07) is 11.4. The number of rotatable bonds is 10. The normalized spacial score (nSPS) is 12.6. The number of nitrogens with one attached hydrogen (secondary N) is 1. The van der Waals surface area contributed by atoms with E-state index in [-0.39, 0.29) is 31.0 Å². The van der Waals surface area contributed by atoms with Crippen LogP contribution >= 0.6 is 23.2 Å². The Morgan fingerprint density at radius 1 is 1.03 bits per heavy atom. The fourth-order valence-electron chi connectivity index (χ4n) is 2.86. The Morgan fingerprint density at radius 2 is 1.65 bits per heavy atom. The van der Waals surface area contributed by atoms with Crippen molar-refractivity contribution >= 4 is 35.0 Å². The van der Waals surface area contributed by atoms with Crippen molar-refractivity contribution in [2.75, 3.05) is 13.7 Å². The number of ether oxygens (including phenoxy) is 2. The minimum atomic E-state index is -0.755. The topological polar surface area (TPSA) is 67.9 Å². The minimum Gasteiger partial charge on any atom is -0.493 e. The van der Waals surface area contributed by atoms with Gasteiger partial charge in [-0.3, -0.25) is 9.59 Å². The van der Waals surface area contributed by atoms with Crippen LogP contribution in [0.3, 0.4) is 0 Å². The summed E-state index contributed by atoms with van der Waals surface area (Å²) in [6.07, 6.45) is 0.777. The van der Waals surface area contributed by atoms with Crippen molar-refractivity contribution in [2.24, 2.45) is 0 Å². The van der Waals surface area contributed by atoms with E-state index in [2.05, 4.69) is 5.32 Å². The number of amides is 2. The van der Waals surface area contributed by atoms with Crippen molar-refractivity contribution in [3.63, 3.8) is 0 Å². The van der Waals surface area contributed by atoms with Gasteiger partial charge in [0.1, 0.15) is 6.04 Å². The molecular formula is C23H28Cl2N2O4. The summed E-state index contributed by atoms with van der Waals surface area (Å²) < 4.78 is 10.9. The number of carbonyl (C=O) groups is 2. The van der Waals surface area contributed by atoms with Crippen LogP contribution in [0.25, 0.3) is 0 Å². The molecule has 2 amide bonds. The number of benzene rings is 2. The predicted octanol–water partition coefficient (Wildman–Crippen LogP) is 4.71. The number of carbonyl (C=O) groups excluding carboxylic acids is 2. The van der Waals surface area contributed by atoms with Gasteiger partial charge in [0.05, 0.1) is 7.11 Å². The molecule has 0 saturated carbocycles. The molecule has 0 aliphatic carbocycles. The van der Waals surface area contributed by atoms with Crippen LogP contribution in [0.4, 0.5) is 0 Å².